The molecule has 4 heteroatoms. The van der Waals surface area contributed by atoms with Gasteiger partial charge in [0.05, 0.1) is 6.10 Å². The summed E-state index contributed by atoms with van der Waals surface area (Å²) in [6.45, 7) is 0.378. The van der Waals surface area contributed by atoms with Gasteiger partial charge in [0.1, 0.15) is 0 Å². The maximum atomic E-state index is 9.99. The van der Waals surface area contributed by atoms with Crippen molar-refractivity contribution in [2.24, 2.45) is 0 Å². The Morgan fingerprint density at radius 2 is 1.58 bits per heavy atom. The molecule has 98 valence electrons. The lowest BCUT2D eigenvalue weighted by Gasteiger charge is -2.14. The van der Waals surface area contributed by atoms with Crippen LogP contribution in [0.25, 0.3) is 0 Å². The maximum Gasteiger partial charge on any atom is 0.170 e. The van der Waals surface area contributed by atoms with Crippen LogP contribution in [-0.2, 0) is 0 Å². The Hall–Kier alpha value is -1.91. The first-order chi connectivity index (χ1) is 9.25. The van der Waals surface area contributed by atoms with Gasteiger partial charge in [0, 0.05) is 12.2 Å². The summed E-state index contributed by atoms with van der Waals surface area (Å²) in [6.07, 6.45) is -0.572. The zero-order valence-electron chi connectivity index (χ0n) is 10.4. The molecule has 0 saturated carbocycles. The van der Waals surface area contributed by atoms with Gasteiger partial charge in [-0.2, -0.15) is 0 Å². The molecule has 3 nitrogen and oxygen atoms in total. The normalized spacial score (nSPS) is 11.6. The molecule has 0 heterocycles. The SMILES string of the molecule is OC(CNC(=S)Nc1ccccc1)c1ccccc1. The van der Waals surface area contributed by atoms with E-state index in [0.717, 1.165) is 11.3 Å². The lowest BCUT2D eigenvalue weighted by Crippen LogP contribution is -2.32. The second kappa shape index (κ2) is 6.87. The summed E-state index contributed by atoms with van der Waals surface area (Å²) in [5.41, 5.74) is 1.80. The van der Waals surface area contributed by atoms with Crippen LogP contribution >= 0.6 is 12.2 Å². The number of anilines is 1. The molecule has 0 aliphatic heterocycles. The standard InChI is InChI=1S/C15H16N2OS/c18-14(12-7-3-1-4-8-12)11-16-15(19)17-13-9-5-2-6-10-13/h1-10,14,18H,11H2,(H2,16,17,19). The number of hydrogen-bond donors (Lipinski definition) is 3. The second-order valence-corrected chi connectivity index (χ2v) is 4.54. The van der Waals surface area contributed by atoms with E-state index in [4.69, 9.17) is 12.2 Å². The van der Waals surface area contributed by atoms with Crippen LogP contribution in [-0.4, -0.2) is 16.8 Å². The minimum absolute atomic E-state index is 0.378. The highest BCUT2D eigenvalue weighted by molar-refractivity contribution is 7.80. The largest absolute Gasteiger partial charge is 0.387 e. The van der Waals surface area contributed by atoms with E-state index in [-0.39, 0.29) is 0 Å². The third-order valence-corrected chi connectivity index (χ3v) is 2.92. The van der Waals surface area contributed by atoms with Crippen molar-refractivity contribution in [3.05, 3.63) is 66.2 Å². The molecular weight excluding hydrogens is 256 g/mol. The molecule has 0 aromatic heterocycles. The van der Waals surface area contributed by atoms with E-state index in [1.54, 1.807) is 0 Å². The highest BCUT2D eigenvalue weighted by atomic mass is 32.1. The quantitative estimate of drug-likeness (QED) is 0.749. The van der Waals surface area contributed by atoms with Gasteiger partial charge >= 0.3 is 0 Å². The highest BCUT2D eigenvalue weighted by Crippen LogP contribution is 2.10. The molecule has 1 atom stereocenters. The Morgan fingerprint density at radius 1 is 1.00 bits per heavy atom. The molecule has 1 unspecified atom stereocenters. The van der Waals surface area contributed by atoms with Gasteiger partial charge in [0.25, 0.3) is 0 Å². The first-order valence-electron chi connectivity index (χ1n) is 6.08. The third-order valence-electron chi connectivity index (χ3n) is 2.67. The van der Waals surface area contributed by atoms with E-state index in [9.17, 15) is 5.11 Å². The van der Waals surface area contributed by atoms with E-state index >= 15 is 0 Å². The molecule has 0 spiro atoms. The summed E-state index contributed by atoms with van der Waals surface area (Å²) in [4.78, 5) is 0. The molecule has 2 rings (SSSR count). The topological polar surface area (TPSA) is 44.3 Å². The molecule has 0 aliphatic carbocycles. The predicted molar refractivity (Wildman–Crippen MR) is 82.1 cm³/mol. The van der Waals surface area contributed by atoms with Gasteiger partial charge in [-0.15, -0.1) is 0 Å². The van der Waals surface area contributed by atoms with Crippen LogP contribution in [0, 0.1) is 0 Å². The molecule has 19 heavy (non-hydrogen) atoms. The Bertz CT molecular complexity index is 516. The van der Waals surface area contributed by atoms with Crippen molar-refractivity contribution in [3.8, 4) is 0 Å². The first kappa shape index (κ1) is 13.5. The summed E-state index contributed by atoms with van der Waals surface area (Å²) in [7, 11) is 0. The number of aliphatic hydroxyl groups is 1. The average molecular weight is 272 g/mol. The van der Waals surface area contributed by atoms with Crippen molar-refractivity contribution < 1.29 is 5.11 Å². The van der Waals surface area contributed by atoms with Crippen molar-refractivity contribution in [2.75, 3.05) is 11.9 Å². The summed E-state index contributed by atoms with van der Waals surface area (Å²) in [6, 6.07) is 19.2. The summed E-state index contributed by atoms with van der Waals surface area (Å²) in [5.74, 6) is 0. The lowest BCUT2D eigenvalue weighted by atomic mass is 10.1. The Balaban J connectivity index is 1.81. The summed E-state index contributed by atoms with van der Waals surface area (Å²) in [5, 5.41) is 16.5. The molecule has 0 aliphatic rings. The number of para-hydroxylation sites is 1. The molecule has 0 saturated heterocycles. The van der Waals surface area contributed by atoms with Crippen molar-refractivity contribution in [3.63, 3.8) is 0 Å². The number of nitrogens with one attached hydrogen (secondary N) is 2. The van der Waals surface area contributed by atoms with Gasteiger partial charge in [-0.3, -0.25) is 0 Å². The molecular formula is C15H16N2OS. The van der Waals surface area contributed by atoms with Gasteiger partial charge in [0.15, 0.2) is 5.11 Å². The van der Waals surface area contributed by atoms with Crippen molar-refractivity contribution >= 4 is 23.0 Å². The van der Waals surface area contributed by atoms with E-state index < -0.39 is 6.10 Å². The van der Waals surface area contributed by atoms with Gasteiger partial charge in [-0.1, -0.05) is 48.5 Å². The van der Waals surface area contributed by atoms with E-state index in [1.165, 1.54) is 0 Å². The predicted octanol–water partition coefficient (Wildman–Crippen LogP) is 2.71. The fourth-order valence-corrected chi connectivity index (χ4v) is 1.88. The van der Waals surface area contributed by atoms with E-state index in [1.807, 2.05) is 60.7 Å². The summed E-state index contributed by atoms with van der Waals surface area (Å²) < 4.78 is 0. The van der Waals surface area contributed by atoms with Crippen LogP contribution in [0.2, 0.25) is 0 Å². The molecule has 0 fully saturated rings. The smallest absolute Gasteiger partial charge is 0.170 e. The van der Waals surface area contributed by atoms with Crippen molar-refractivity contribution in [1.82, 2.24) is 5.32 Å². The van der Waals surface area contributed by atoms with Gasteiger partial charge in [0.2, 0.25) is 0 Å². The molecule has 0 radical (unpaired) electrons. The number of thiocarbonyl (C=S) groups is 1. The van der Waals surface area contributed by atoms with Crippen molar-refractivity contribution in [2.45, 2.75) is 6.10 Å². The Morgan fingerprint density at radius 3 is 2.21 bits per heavy atom. The fraction of sp³-hybridized carbons (Fsp3) is 0.133. The van der Waals surface area contributed by atoms with Gasteiger partial charge in [-0.05, 0) is 29.9 Å². The minimum atomic E-state index is -0.572. The van der Waals surface area contributed by atoms with Crippen LogP contribution in [0.15, 0.2) is 60.7 Å². The third kappa shape index (κ3) is 4.35. The lowest BCUT2D eigenvalue weighted by molar-refractivity contribution is 0.181. The molecule has 0 amide bonds. The number of rotatable bonds is 4. The van der Waals surface area contributed by atoms with Crippen LogP contribution in [0.3, 0.4) is 0 Å². The van der Waals surface area contributed by atoms with Crippen molar-refractivity contribution in [1.29, 1.82) is 0 Å². The van der Waals surface area contributed by atoms with Crippen LogP contribution in [0.4, 0.5) is 5.69 Å². The Kier molecular flexibility index (Phi) is 4.89. The Labute approximate surface area is 118 Å². The highest BCUT2D eigenvalue weighted by Gasteiger charge is 2.07. The van der Waals surface area contributed by atoms with Gasteiger partial charge < -0.3 is 15.7 Å². The fourth-order valence-electron chi connectivity index (χ4n) is 1.68. The van der Waals surface area contributed by atoms with Crippen LogP contribution < -0.4 is 10.6 Å². The number of hydrogen-bond acceptors (Lipinski definition) is 2. The molecule has 2 aromatic rings. The minimum Gasteiger partial charge on any atom is -0.387 e. The van der Waals surface area contributed by atoms with Crippen LogP contribution in [0.1, 0.15) is 11.7 Å². The molecule has 2 aromatic carbocycles. The second-order valence-electron chi connectivity index (χ2n) is 4.13. The first-order valence-corrected chi connectivity index (χ1v) is 6.49. The monoisotopic (exact) mass is 272 g/mol. The maximum absolute atomic E-state index is 9.99. The average Bonchev–Trinajstić information content (AvgIpc) is 2.47. The van der Waals surface area contributed by atoms with Crippen LogP contribution in [0.5, 0.6) is 0 Å². The number of aliphatic hydroxyl groups excluding tert-OH is 1. The zero-order chi connectivity index (χ0) is 13.5. The van der Waals surface area contributed by atoms with Gasteiger partial charge in [-0.25, -0.2) is 0 Å². The zero-order valence-corrected chi connectivity index (χ0v) is 11.2. The number of benzene rings is 2. The summed E-state index contributed by atoms with van der Waals surface area (Å²) >= 11 is 5.17. The van der Waals surface area contributed by atoms with E-state index in [0.29, 0.717) is 11.7 Å². The molecule has 0 bridgehead atoms. The van der Waals surface area contributed by atoms with E-state index in [2.05, 4.69) is 10.6 Å². The molecule has 3 N–H and O–H groups in total.